The van der Waals surface area contributed by atoms with Crippen molar-refractivity contribution in [2.24, 2.45) is 4.99 Å². The summed E-state index contributed by atoms with van der Waals surface area (Å²) in [6.07, 6.45) is -10.5. The Hall–Kier alpha value is -2.46. The van der Waals surface area contributed by atoms with Gasteiger partial charge in [0.2, 0.25) is 5.96 Å². The molecule has 1 amide bonds. The first-order valence-corrected chi connectivity index (χ1v) is 6.46. The maximum Gasteiger partial charge on any atom is 0.416 e. The van der Waals surface area contributed by atoms with Crippen molar-refractivity contribution >= 4 is 12.1 Å². The van der Waals surface area contributed by atoms with Gasteiger partial charge in [0, 0.05) is 0 Å². The minimum atomic E-state index is -4.83. The van der Waals surface area contributed by atoms with Crippen molar-refractivity contribution < 1.29 is 35.9 Å². The standard InChI is InChI=1S/C13H11F6N3O2/c1-24-11(23)22-10-20-5-9(21-10)7-4-6(12(14,15)16)2-3-8(7)13(17,18)19/h2-4,9H,5H2,1H3,(H2,20,21,22,23). The van der Waals surface area contributed by atoms with E-state index in [1.54, 1.807) is 0 Å². The quantitative estimate of drug-likeness (QED) is 0.761. The van der Waals surface area contributed by atoms with Crippen molar-refractivity contribution in [3.05, 3.63) is 34.9 Å². The highest BCUT2D eigenvalue weighted by atomic mass is 19.4. The van der Waals surface area contributed by atoms with E-state index in [0.29, 0.717) is 18.2 Å². The molecule has 0 saturated carbocycles. The van der Waals surface area contributed by atoms with Crippen molar-refractivity contribution in [3.63, 3.8) is 0 Å². The van der Waals surface area contributed by atoms with Gasteiger partial charge in [0.05, 0.1) is 30.8 Å². The van der Waals surface area contributed by atoms with Crippen LogP contribution in [0.4, 0.5) is 31.1 Å². The van der Waals surface area contributed by atoms with Crippen LogP contribution in [0.15, 0.2) is 23.2 Å². The number of benzene rings is 1. The van der Waals surface area contributed by atoms with E-state index < -0.39 is 41.2 Å². The molecule has 0 fully saturated rings. The Morgan fingerprint density at radius 1 is 1.25 bits per heavy atom. The molecular weight excluding hydrogens is 344 g/mol. The summed E-state index contributed by atoms with van der Waals surface area (Å²) < 4.78 is 81.8. The van der Waals surface area contributed by atoms with Crippen molar-refractivity contribution in [1.82, 2.24) is 10.6 Å². The first-order chi connectivity index (χ1) is 11.0. The molecule has 0 spiro atoms. The summed E-state index contributed by atoms with van der Waals surface area (Å²) in [6.45, 7) is -0.274. The Morgan fingerprint density at radius 3 is 2.46 bits per heavy atom. The number of methoxy groups -OCH3 is 1. The van der Waals surface area contributed by atoms with Gasteiger partial charge >= 0.3 is 18.4 Å². The Balaban J connectivity index is 2.33. The van der Waals surface area contributed by atoms with Gasteiger partial charge in [-0.1, -0.05) is 0 Å². The third-order valence-corrected chi connectivity index (χ3v) is 3.21. The van der Waals surface area contributed by atoms with Gasteiger partial charge in [-0.3, -0.25) is 10.3 Å². The Kier molecular flexibility index (Phi) is 4.63. The van der Waals surface area contributed by atoms with Crippen LogP contribution in [0.5, 0.6) is 0 Å². The predicted molar refractivity (Wildman–Crippen MR) is 70.2 cm³/mol. The lowest BCUT2D eigenvalue weighted by molar-refractivity contribution is -0.142. The maximum absolute atomic E-state index is 13.1. The average molecular weight is 355 g/mol. The van der Waals surface area contributed by atoms with Crippen molar-refractivity contribution in [3.8, 4) is 0 Å². The highest BCUT2D eigenvalue weighted by Gasteiger charge is 2.39. The van der Waals surface area contributed by atoms with Crippen LogP contribution in [0.1, 0.15) is 22.7 Å². The number of amides is 1. The summed E-state index contributed by atoms with van der Waals surface area (Å²) in [5.41, 5.74) is -3.02. The van der Waals surface area contributed by atoms with E-state index in [0.717, 1.165) is 7.11 Å². The topological polar surface area (TPSA) is 62.7 Å². The number of nitrogens with zero attached hydrogens (tertiary/aromatic N) is 1. The normalized spacial score (nSPS) is 18.0. The fraction of sp³-hybridized carbons (Fsp3) is 0.385. The summed E-state index contributed by atoms with van der Waals surface area (Å²) >= 11 is 0. The predicted octanol–water partition coefficient (Wildman–Crippen LogP) is 3.08. The van der Waals surface area contributed by atoms with Crippen LogP contribution < -0.4 is 10.6 Å². The molecule has 0 aliphatic carbocycles. The van der Waals surface area contributed by atoms with E-state index in [-0.39, 0.29) is 12.5 Å². The largest absolute Gasteiger partial charge is 0.453 e. The van der Waals surface area contributed by atoms with Crippen LogP contribution in [0.25, 0.3) is 0 Å². The lowest BCUT2D eigenvalue weighted by Gasteiger charge is -2.20. The lowest BCUT2D eigenvalue weighted by Crippen LogP contribution is -2.39. The van der Waals surface area contributed by atoms with Gasteiger partial charge in [-0.15, -0.1) is 0 Å². The van der Waals surface area contributed by atoms with Gasteiger partial charge in [-0.25, -0.2) is 4.79 Å². The number of carbonyl (C=O) groups excluding carboxylic acids is 1. The molecule has 11 heteroatoms. The number of hydrogen-bond acceptors (Lipinski definition) is 4. The van der Waals surface area contributed by atoms with Gasteiger partial charge in [0.15, 0.2) is 0 Å². The molecular formula is C13H11F6N3O2. The number of alkyl carbamates (subject to hydrolysis) is 1. The van der Waals surface area contributed by atoms with Crippen LogP contribution in [-0.4, -0.2) is 25.7 Å². The van der Waals surface area contributed by atoms with Crippen LogP contribution in [0.3, 0.4) is 0 Å². The van der Waals surface area contributed by atoms with Gasteiger partial charge in [0.1, 0.15) is 0 Å². The molecule has 1 aromatic carbocycles. The average Bonchev–Trinajstić information content (AvgIpc) is 2.93. The molecule has 0 radical (unpaired) electrons. The number of nitrogens with one attached hydrogen (secondary N) is 2. The van der Waals surface area contributed by atoms with Crippen LogP contribution >= 0.6 is 0 Å². The van der Waals surface area contributed by atoms with Gasteiger partial charge in [-0.2, -0.15) is 26.3 Å². The third kappa shape index (κ3) is 3.89. The van der Waals surface area contributed by atoms with E-state index in [9.17, 15) is 31.1 Å². The smallest absolute Gasteiger partial charge is 0.416 e. The minimum absolute atomic E-state index is 0.183. The zero-order chi connectivity index (χ0) is 18.1. The Bertz CT molecular complexity index is 669. The second-order valence-corrected chi connectivity index (χ2v) is 4.80. The molecule has 24 heavy (non-hydrogen) atoms. The van der Waals surface area contributed by atoms with Gasteiger partial charge in [0.25, 0.3) is 0 Å². The van der Waals surface area contributed by atoms with Crippen LogP contribution in [0, 0.1) is 0 Å². The van der Waals surface area contributed by atoms with Crippen molar-refractivity contribution in [2.45, 2.75) is 18.4 Å². The van der Waals surface area contributed by atoms with Crippen LogP contribution in [-0.2, 0) is 17.1 Å². The van der Waals surface area contributed by atoms with Gasteiger partial charge < -0.3 is 10.1 Å². The SMILES string of the molecule is COC(=O)NC1=NCC(c2cc(C(F)(F)F)ccc2C(F)(F)F)N1. The number of aliphatic imine (C=N–C) groups is 1. The molecule has 0 saturated heterocycles. The molecule has 5 nitrogen and oxygen atoms in total. The van der Waals surface area contributed by atoms with E-state index >= 15 is 0 Å². The summed E-state index contributed by atoms with van der Waals surface area (Å²) in [5.74, 6) is -0.183. The summed E-state index contributed by atoms with van der Waals surface area (Å²) in [5, 5.41) is 4.54. The van der Waals surface area contributed by atoms with E-state index in [4.69, 9.17) is 0 Å². The molecule has 1 unspecified atom stereocenters. The second-order valence-electron chi connectivity index (χ2n) is 4.80. The van der Waals surface area contributed by atoms with Crippen LogP contribution in [0.2, 0.25) is 0 Å². The lowest BCUT2D eigenvalue weighted by atomic mass is 9.97. The number of hydrogen-bond donors (Lipinski definition) is 2. The number of halogens is 6. The van der Waals surface area contributed by atoms with E-state index in [2.05, 4.69) is 20.4 Å². The molecule has 2 rings (SSSR count). The van der Waals surface area contributed by atoms with Gasteiger partial charge in [-0.05, 0) is 23.8 Å². The molecule has 1 aliphatic heterocycles. The van der Waals surface area contributed by atoms with Crippen molar-refractivity contribution in [1.29, 1.82) is 0 Å². The van der Waals surface area contributed by atoms with Crippen molar-refractivity contribution in [2.75, 3.05) is 13.7 Å². The molecule has 0 bridgehead atoms. The summed E-state index contributed by atoms with van der Waals surface area (Å²) in [6, 6.07) is 0.00867. The third-order valence-electron chi connectivity index (χ3n) is 3.21. The zero-order valence-electron chi connectivity index (χ0n) is 12.0. The fourth-order valence-electron chi connectivity index (χ4n) is 2.12. The summed E-state index contributed by atoms with van der Waals surface area (Å²) in [4.78, 5) is 14.8. The second kappa shape index (κ2) is 6.21. The Labute approximate surface area is 131 Å². The molecule has 132 valence electrons. The molecule has 2 N–H and O–H groups in total. The highest BCUT2D eigenvalue weighted by molar-refractivity contribution is 5.95. The maximum atomic E-state index is 13.1. The number of ether oxygens (including phenoxy) is 1. The molecule has 1 aliphatic rings. The highest BCUT2D eigenvalue weighted by Crippen LogP contribution is 2.39. The fourth-order valence-corrected chi connectivity index (χ4v) is 2.12. The summed E-state index contributed by atoms with van der Waals surface area (Å²) in [7, 11) is 1.07. The number of guanidine groups is 1. The number of alkyl halides is 6. The first kappa shape index (κ1) is 17.9. The Morgan fingerprint density at radius 2 is 1.92 bits per heavy atom. The molecule has 1 heterocycles. The number of rotatable bonds is 1. The first-order valence-electron chi connectivity index (χ1n) is 6.46. The van der Waals surface area contributed by atoms with E-state index in [1.165, 1.54) is 0 Å². The number of carbonyl (C=O) groups is 1. The molecule has 0 aromatic heterocycles. The monoisotopic (exact) mass is 355 g/mol. The minimum Gasteiger partial charge on any atom is -0.453 e. The molecule has 1 atom stereocenters. The molecule has 1 aromatic rings. The zero-order valence-corrected chi connectivity index (χ0v) is 12.0. The van der Waals surface area contributed by atoms with E-state index in [1.807, 2.05) is 0 Å².